The molecule has 1 aliphatic rings. The SMILES string of the molecule is CNc1ncc(Br)cc1S(=O)(=O)N1CCCCCCC1. The molecule has 1 fully saturated rings. The summed E-state index contributed by atoms with van der Waals surface area (Å²) in [4.78, 5) is 4.38. The van der Waals surface area contributed by atoms with Crippen LogP contribution >= 0.6 is 15.9 Å². The van der Waals surface area contributed by atoms with Crippen LogP contribution in [0.1, 0.15) is 32.1 Å². The van der Waals surface area contributed by atoms with E-state index in [-0.39, 0.29) is 4.90 Å². The van der Waals surface area contributed by atoms with Crippen LogP contribution in [0.4, 0.5) is 5.82 Å². The molecule has 0 radical (unpaired) electrons. The van der Waals surface area contributed by atoms with Crippen LogP contribution in [0.3, 0.4) is 0 Å². The number of anilines is 1. The summed E-state index contributed by atoms with van der Waals surface area (Å²) >= 11 is 3.30. The highest BCUT2D eigenvalue weighted by Crippen LogP contribution is 2.27. The maximum Gasteiger partial charge on any atom is 0.246 e. The Balaban J connectivity index is 2.35. The number of hydrogen-bond acceptors (Lipinski definition) is 4. The van der Waals surface area contributed by atoms with E-state index >= 15 is 0 Å². The second-order valence-electron chi connectivity index (χ2n) is 4.92. The van der Waals surface area contributed by atoms with Crippen molar-refractivity contribution in [3.63, 3.8) is 0 Å². The summed E-state index contributed by atoms with van der Waals surface area (Å²) < 4.78 is 27.9. The fourth-order valence-corrected chi connectivity index (χ4v) is 4.58. The zero-order chi connectivity index (χ0) is 14.6. The Kier molecular flexibility index (Phi) is 5.40. The summed E-state index contributed by atoms with van der Waals surface area (Å²) in [5.41, 5.74) is 0. The molecule has 0 aromatic carbocycles. The summed E-state index contributed by atoms with van der Waals surface area (Å²) in [6.45, 7) is 1.19. The Bertz CT molecular complexity index is 555. The van der Waals surface area contributed by atoms with Crippen molar-refractivity contribution in [2.75, 3.05) is 25.5 Å². The van der Waals surface area contributed by atoms with Gasteiger partial charge < -0.3 is 5.32 Å². The first-order chi connectivity index (χ1) is 9.55. The van der Waals surface area contributed by atoms with Gasteiger partial charge in [0.25, 0.3) is 0 Å². The molecule has 0 unspecified atom stereocenters. The van der Waals surface area contributed by atoms with Gasteiger partial charge in [-0.15, -0.1) is 0 Å². The Morgan fingerprint density at radius 2 is 1.80 bits per heavy atom. The van der Waals surface area contributed by atoms with Crippen molar-refractivity contribution in [3.05, 3.63) is 16.7 Å². The molecule has 7 heteroatoms. The Labute approximate surface area is 129 Å². The fourth-order valence-electron chi connectivity index (χ4n) is 2.40. The van der Waals surface area contributed by atoms with Gasteiger partial charge >= 0.3 is 0 Å². The molecule has 1 aliphatic heterocycles. The average Bonchev–Trinajstić information content (AvgIpc) is 2.37. The van der Waals surface area contributed by atoms with Gasteiger partial charge in [-0.3, -0.25) is 0 Å². The molecule has 0 saturated carbocycles. The van der Waals surface area contributed by atoms with Crippen molar-refractivity contribution in [2.45, 2.75) is 37.0 Å². The van der Waals surface area contributed by atoms with Crippen LogP contribution in [-0.2, 0) is 10.0 Å². The third kappa shape index (κ3) is 3.51. The van der Waals surface area contributed by atoms with E-state index in [4.69, 9.17) is 0 Å². The number of hydrogen-bond donors (Lipinski definition) is 1. The first kappa shape index (κ1) is 15.7. The van der Waals surface area contributed by atoms with Crippen molar-refractivity contribution in [2.24, 2.45) is 0 Å². The second kappa shape index (κ2) is 6.87. The van der Waals surface area contributed by atoms with Crippen LogP contribution in [-0.4, -0.2) is 37.8 Å². The predicted octanol–water partition coefficient (Wildman–Crippen LogP) is 2.84. The van der Waals surface area contributed by atoms with Crippen molar-refractivity contribution >= 4 is 31.8 Å². The Hall–Kier alpha value is -0.660. The summed E-state index contributed by atoms with van der Waals surface area (Å²) in [5, 5.41) is 2.86. The molecular weight excluding hydrogens is 342 g/mol. The minimum absolute atomic E-state index is 0.245. The van der Waals surface area contributed by atoms with Gasteiger partial charge in [0.05, 0.1) is 0 Å². The first-order valence-corrected chi connectivity index (χ1v) is 9.12. The van der Waals surface area contributed by atoms with E-state index in [1.54, 1.807) is 23.6 Å². The largest absolute Gasteiger partial charge is 0.372 e. The Morgan fingerprint density at radius 3 is 2.40 bits per heavy atom. The summed E-state index contributed by atoms with van der Waals surface area (Å²) in [6.07, 6.45) is 6.85. The zero-order valence-electron chi connectivity index (χ0n) is 11.6. The van der Waals surface area contributed by atoms with Gasteiger partial charge in [-0.25, -0.2) is 13.4 Å². The van der Waals surface area contributed by atoms with Gasteiger partial charge in [0, 0.05) is 30.8 Å². The molecule has 0 bridgehead atoms. The molecule has 0 spiro atoms. The quantitative estimate of drug-likeness (QED) is 0.898. The minimum Gasteiger partial charge on any atom is -0.372 e. The number of nitrogens with zero attached hydrogens (tertiary/aromatic N) is 2. The molecule has 2 heterocycles. The molecular formula is C13H20BrN3O2S. The summed E-state index contributed by atoms with van der Waals surface area (Å²) in [6, 6.07) is 1.62. The molecule has 0 atom stereocenters. The predicted molar refractivity (Wildman–Crippen MR) is 83.3 cm³/mol. The van der Waals surface area contributed by atoms with Crippen LogP contribution < -0.4 is 5.32 Å². The third-order valence-electron chi connectivity index (χ3n) is 3.49. The lowest BCUT2D eigenvalue weighted by Crippen LogP contribution is -2.34. The maximum atomic E-state index is 12.8. The first-order valence-electron chi connectivity index (χ1n) is 6.89. The van der Waals surface area contributed by atoms with E-state index in [0.29, 0.717) is 23.4 Å². The van der Waals surface area contributed by atoms with Crippen LogP contribution in [0.25, 0.3) is 0 Å². The van der Waals surface area contributed by atoms with Gasteiger partial charge in [0.2, 0.25) is 10.0 Å². The van der Waals surface area contributed by atoms with E-state index < -0.39 is 10.0 Å². The molecule has 5 nitrogen and oxygen atoms in total. The molecule has 1 aromatic rings. The molecule has 2 rings (SSSR count). The molecule has 1 N–H and O–H groups in total. The van der Waals surface area contributed by atoms with Gasteiger partial charge in [0.15, 0.2) is 0 Å². The number of aromatic nitrogens is 1. The smallest absolute Gasteiger partial charge is 0.246 e. The third-order valence-corrected chi connectivity index (χ3v) is 5.83. The number of rotatable bonds is 3. The normalized spacial score (nSPS) is 18.3. The topological polar surface area (TPSA) is 62.3 Å². The van der Waals surface area contributed by atoms with E-state index in [9.17, 15) is 8.42 Å². The van der Waals surface area contributed by atoms with E-state index in [1.165, 1.54) is 6.42 Å². The van der Waals surface area contributed by atoms with Crippen LogP contribution in [0, 0.1) is 0 Å². The lowest BCUT2D eigenvalue weighted by atomic mass is 10.1. The molecule has 112 valence electrons. The minimum atomic E-state index is -3.49. The zero-order valence-corrected chi connectivity index (χ0v) is 14.0. The Morgan fingerprint density at radius 1 is 1.20 bits per heavy atom. The monoisotopic (exact) mass is 361 g/mol. The van der Waals surface area contributed by atoms with Crippen molar-refractivity contribution in [1.82, 2.24) is 9.29 Å². The molecule has 1 aromatic heterocycles. The van der Waals surface area contributed by atoms with Gasteiger partial charge in [0.1, 0.15) is 10.7 Å². The summed E-state index contributed by atoms with van der Waals surface area (Å²) in [7, 11) is -1.81. The van der Waals surface area contributed by atoms with E-state index in [1.807, 2.05) is 0 Å². The number of nitrogens with one attached hydrogen (secondary N) is 1. The second-order valence-corrected chi connectivity index (χ2v) is 7.74. The molecule has 20 heavy (non-hydrogen) atoms. The number of halogens is 1. The molecule has 0 amide bonds. The molecule has 1 saturated heterocycles. The van der Waals surface area contributed by atoms with E-state index in [2.05, 4.69) is 26.2 Å². The van der Waals surface area contributed by atoms with Crippen molar-refractivity contribution in [3.8, 4) is 0 Å². The average molecular weight is 362 g/mol. The summed E-state index contributed by atoms with van der Waals surface area (Å²) in [5.74, 6) is 0.398. The van der Waals surface area contributed by atoms with Gasteiger partial charge in [-0.05, 0) is 34.8 Å². The fraction of sp³-hybridized carbons (Fsp3) is 0.615. The highest BCUT2D eigenvalue weighted by molar-refractivity contribution is 9.10. The lowest BCUT2D eigenvalue weighted by molar-refractivity contribution is 0.364. The van der Waals surface area contributed by atoms with Crippen LogP contribution in [0.2, 0.25) is 0 Å². The lowest BCUT2D eigenvalue weighted by Gasteiger charge is -2.25. The maximum absolute atomic E-state index is 12.8. The van der Waals surface area contributed by atoms with E-state index in [0.717, 1.165) is 25.7 Å². The highest BCUT2D eigenvalue weighted by atomic mass is 79.9. The van der Waals surface area contributed by atoms with Gasteiger partial charge in [-0.1, -0.05) is 19.3 Å². The highest BCUT2D eigenvalue weighted by Gasteiger charge is 2.27. The van der Waals surface area contributed by atoms with Crippen LogP contribution in [0.5, 0.6) is 0 Å². The standard InChI is InChI=1S/C13H20BrN3O2S/c1-15-13-12(9-11(14)10-16-13)20(18,19)17-7-5-3-2-4-6-8-17/h9-10H,2-8H2,1H3,(H,15,16). The molecule has 0 aliphatic carbocycles. The van der Waals surface area contributed by atoms with Crippen molar-refractivity contribution < 1.29 is 8.42 Å². The number of pyridine rings is 1. The number of sulfonamides is 1. The van der Waals surface area contributed by atoms with Crippen LogP contribution in [0.15, 0.2) is 21.6 Å². The van der Waals surface area contributed by atoms with Gasteiger partial charge in [-0.2, -0.15) is 4.31 Å². The van der Waals surface area contributed by atoms with Crippen molar-refractivity contribution in [1.29, 1.82) is 0 Å².